The molecule has 0 saturated heterocycles. The minimum absolute atomic E-state index is 0.139. The number of aromatic nitrogens is 2. The third kappa shape index (κ3) is 4.49. The van der Waals surface area contributed by atoms with Gasteiger partial charge in [0.1, 0.15) is 0 Å². The Hall–Kier alpha value is -10.2. The van der Waals surface area contributed by atoms with Crippen molar-refractivity contribution in [2.75, 3.05) is 0 Å². The molecular weight excluding hydrogens is 1150 g/mol. The molecule has 426 valence electrons. The molecular formula is C78H36F8N2O2. The number of Topliss-reactive ketones (excluding diaryl/α,β-unsaturated/α-hetero) is 2. The van der Waals surface area contributed by atoms with Gasteiger partial charge < -0.3 is 8.80 Å². The highest BCUT2D eigenvalue weighted by atomic mass is 19.3. The summed E-state index contributed by atoms with van der Waals surface area (Å²) in [7, 11) is 0. The summed E-state index contributed by atoms with van der Waals surface area (Å²) in [6.45, 7) is 0. The van der Waals surface area contributed by atoms with E-state index < -0.39 is 90.9 Å². The third-order valence-electron chi connectivity index (χ3n) is 23.5. The Kier molecular flexibility index (Phi) is 7.50. The van der Waals surface area contributed by atoms with Crippen molar-refractivity contribution in [3.05, 3.63) is 305 Å². The molecule has 8 aliphatic rings. The fraction of sp³-hybridized carbons (Fsp3) is 0.128. The van der Waals surface area contributed by atoms with Gasteiger partial charge >= 0.3 is 0 Å². The summed E-state index contributed by atoms with van der Waals surface area (Å²) in [5.74, 6) is -17.8. The number of hydrogen-bond donors (Lipinski definition) is 0. The van der Waals surface area contributed by atoms with E-state index in [9.17, 15) is 0 Å². The highest BCUT2D eigenvalue weighted by Crippen LogP contribution is 2.76. The summed E-state index contributed by atoms with van der Waals surface area (Å²) in [4.78, 5) is 31.6. The number of carbonyl (C=O) groups is 2. The fourth-order valence-corrected chi connectivity index (χ4v) is 20.3. The first-order valence-corrected chi connectivity index (χ1v) is 30.3. The molecule has 6 unspecified atom stereocenters. The van der Waals surface area contributed by atoms with E-state index in [2.05, 4.69) is 36.4 Å². The Morgan fingerprint density at radius 3 is 0.844 bits per heavy atom. The lowest BCUT2D eigenvalue weighted by molar-refractivity contribution is -0.0112. The quantitative estimate of drug-likeness (QED) is 0.142. The van der Waals surface area contributed by atoms with E-state index in [1.54, 1.807) is 20.9 Å². The molecule has 6 atom stereocenters. The fourth-order valence-electron chi connectivity index (χ4n) is 20.3. The number of rotatable bonds is 0. The van der Waals surface area contributed by atoms with Crippen LogP contribution >= 0.6 is 0 Å². The van der Waals surface area contributed by atoms with Crippen molar-refractivity contribution >= 4 is 87.8 Å². The molecule has 12 heteroatoms. The molecule has 4 heterocycles. The Morgan fingerprint density at radius 2 is 0.522 bits per heavy atom. The second-order valence-corrected chi connectivity index (χ2v) is 26.5. The molecule has 0 saturated carbocycles. The van der Waals surface area contributed by atoms with Crippen LogP contribution in [0.3, 0.4) is 0 Å². The van der Waals surface area contributed by atoms with Gasteiger partial charge in [0.2, 0.25) is 0 Å². The summed E-state index contributed by atoms with van der Waals surface area (Å²) >= 11 is 0. The van der Waals surface area contributed by atoms with Crippen molar-refractivity contribution in [2.24, 2.45) is 0 Å². The maximum atomic E-state index is 17.7. The van der Waals surface area contributed by atoms with Crippen molar-refractivity contribution in [1.82, 2.24) is 8.80 Å². The molecule has 0 N–H and O–H groups in total. The van der Waals surface area contributed by atoms with E-state index in [0.29, 0.717) is 76.6 Å². The Bertz CT molecular complexity index is 5790. The summed E-state index contributed by atoms with van der Waals surface area (Å²) in [5.41, 5.74) is 3.76. The van der Waals surface area contributed by atoms with E-state index in [1.165, 1.54) is 36.4 Å². The van der Waals surface area contributed by atoms with Crippen molar-refractivity contribution in [3.8, 4) is 0 Å². The van der Waals surface area contributed by atoms with Crippen LogP contribution in [0.25, 0.3) is 76.2 Å². The van der Waals surface area contributed by atoms with Gasteiger partial charge in [-0.25, -0.2) is 0 Å². The second kappa shape index (κ2) is 14.1. The zero-order chi connectivity index (χ0) is 59.9. The van der Waals surface area contributed by atoms with Gasteiger partial charge in [-0.2, -0.15) is 35.1 Å². The third-order valence-corrected chi connectivity index (χ3v) is 23.5. The van der Waals surface area contributed by atoms with E-state index in [0.717, 1.165) is 80.9 Å². The van der Waals surface area contributed by atoms with Gasteiger partial charge in [0.25, 0.3) is 23.7 Å². The average Bonchev–Trinajstić information content (AvgIpc) is 1.00. The van der Waals surface area contributed by atoms with Crippen LogP contribution in [0.2, 0.25) is 0 Å². The maximum Gasteiger partial charge on any atom is 0.299 e. The molecule has 4 nitrogen and oxygen atoms in total. The van der Waals surface area contributed by atoms with Crippen LogP contribution in [0, 0.1) is 0 Å². The van der Waals surface area contributed by atoms with Crippen molar-refractivity contribution in [2.45, 2.75) is 58.2 Å². The van der Waals surface area contributed by atoms with Crippen LogP contribution in [0.1, 0.15) is 145 Å². The lowest BCUT2D eigenvalue weighted by Gasteiger charge is -2.64. The van der Waals surface area contributed by atoms with Crippen LogP contribution in [0.4, 0.5) is 35.1 Å². The predicted octanol–water partition coefficient (Wildman–Crippen LogP) is 18.6. The topological polar surface area (TPSA) is 43.0 Å². The number of carbonyl (C=O) groups excluding carboxylic acids is 2. The van der Waals surface area contributed by atoms with E-state index in [-0.39, 0.29) is 45.2 Å². The Labute approximate surface area is 502 Å². The number of fused-ring (bicyclic) bond motifs is 30. The van der Waals surface area contributed by atoms with Gasteiger partial charge in [0, 0.05) is 121 Å². The molecule has 11 aromatic carbocycles. The summed E-state index contributed by atoms with van der Waals surface area (Å²) in [6, 6.07) is 53.6. The highest BCUT2D eigenvalue weighted by Gasteiger charge is 2.71. The number of ketones is 2. The number of benzene rings is 11. The predicted molar refractivity (Wildman–Crippen MR) is 326 cm³/mol. The monoisotopic (exact) mass is 1180 g/mol. The van der Waals surface area contributed by atoms with E-state index >= 15 is 44.7 Å². The molecule has 23 rings (SSSR count). The largest absolute Gasteiger partial charge is 0.308 e. The zero-order valence-electron chi connectivity index (χ0n) is 46.5. The average molecular weight is 1190 g/mol. The summed E-state index contributed by atoms with van der Waals surface area (Å²) in [5, 5.41) is 3.02. The number of halogens is 8. The second-order valence-electron chi connectivity index (χ2n) is 26.5. The minimum atomic E-state index is -3.93. The van der Waals surface area contributed by atoms with Gasteiger partial charge in [0.05, 0.1) is 44.9 Å². The molecule has 0 aliphatic heterocycles. The SMILES string of the molecule is O=C1c2cc3c(cc2C2c4ccccc4C24c2ccccc2C14)c1c2c4cc5c(cc4n4c6cc7c(cc6c(c6c8cc9c(cc8n3c16)C(F)(F)c1ccccc1C9(F)F)c24)C1c2ccccc2C12c1ccccc1C2C7=O)C(F)(F)c1ccccc1C5(F)F. The lowest BCUT2D eigenvalue weighted by Crippen LogP contribution is -2.61. The van der Waals surface area contributed by atoms with Gasteiger partial charge in [-0.1, -0.05) is 146 Å². The first kappa shape index (κ1) is 47.8. The molecule has 0 bridgehead atoms. The van der Waals surface area contributed by atoms with Crippen LogP contribution < -0.4 is 0 Å². The van der Waals surface area contributed by atoms with Crippen LogP contribution in [0.15, 0.2) is 194 Å². The zero-order valence-corrected chi connectivity index (χ0v) is 46.5. The van der Waals surface area contributed by atoms with Crippen molar-refractivity contribution in [1.29, 1.82) is 0 Å². The molecule has 15 aromatic rings. The van der Waals surface area contributed by atoms with Gasteiger partial charge in [-0.05, 0) is 104 Å². The molecule has 90 heavy (non-hydrogen) atoms. The van der Waals surface area contributed by atoms with Crippen LogP contribution in [0.5, 0.6) is 0 Å². The lowest BCUT2D eigenvalue weighted by atomic mass is 9.36. The molecule has 0 fully saturated rings. The Morgan fingerprint density at radius 1 is 0.267 bits per heavy atom. The van der Waals surface area contributed by atoms with Crippen LogP contribution in [-0.2, 0) is 34.5 Å². The maximum absolute atomic E-state index is 17.7. The number of hydrogen-bond acceptors (Lipinski definition) is 2. The standard InChI is InChI=1S/C78H36F8N2O2/c79-75(80)49-21-9-12-24-52(49)78(85,86)56-32-60-43(27-53(56)75)63-61-41-25-37-39(71(89)67-35-15-3-7-19-47(35)73(67)45-17-5-1-13-33(45)65(37)73)29-57(41)87-59-31-55-54(76(81,82)50-22-10-11-23-51(50)77(55,83)84)28-44(59)64(69(61)87)62-42-26-38-40(30-58(42)88(60)70(62)63)72(90)68-36-16-4-8-20-48(36)74(68)46-18-6-2-14-34(46)66(38)74/h1-32,65-68H. The first-order chi connectivity index (χ1) is 43.5. The molecule has 8 aliphatic carbocycles. The van der Waals surface area contributed by atoms with E-state index in [1.807, 2.05) is 72.8 Å². The van der Waals surface area contributed by atoms with Gasteiger partial charge in [0.15, 0.2) is 11.6 Å². The molecule has 0 amide bonds. The normalized spacial score (nSPS) is 24.5. The summed E-state index contributed by atoms with van der Waals surface area (Å²) in [6.07, 6.45) is 0. The van der Waals surface area contributed by atoms with Gasteiger partial charge in [-0.15, -0.1) is 0 Å². The summed E-state index contributed by atoms with van der Waals surface area (Å²) < 4.78 is 145. The van der Waals surface area contributed by atoms with E-state index in [4.69, 9.17) is 0 Å². The van der Waals surface area contributed by atoms with Crippen LogP contribution in [-0.4, -0.2) is 20.4 Å². The highest BCUT2D eigenvalue weighted by molar-refractivity contribution is 6.45. The van der Waals surface area contributed by atoms with Crippen molar-refractivity contribution in [3.63, 3.8) is 0 Å². The molecule has 0 radical (unpaired) electrons. The first-order valence-electron chi connectivity index (χ1n) is 30.3. The number of alkyl halides is 8. The van der Waals surface area contributed by atoms with Gasteiger partial charge in [-0.3, -0.25) is 9.59 Å². The van der Waals surface area contributed by atoms with Crippen molar-refractivity contribution < 1.29 is 44.7 Å². The minimum Gasteiger partial charge on any atom is -0.308 e. The molecule has 2 spiro atoms. The number of nitrogens with zero attached hydrogens (tertiary/aromatic N) is 2. The smallest absolute Gasteiger partial charge is 0.299 e. The molecule has 4 aromatic heterocycles. The Balaban J connectivity index is 0.939.